The number of ether oxygens (including phenoxy) is 1. The molecule has 1 aliphatic heterocycles. The van der Waals surface area contributed by atoms with Crippen LogP contribution in [0.2, 0.25) is 0 Å². The highest BCUT2D eigenvalue weighted by molar-refractivity contribution is 9.10. The van der Waals surface area contributed by atoms with Crippen LogP contribution in [-0.2, 0) is 11.3 Å². The molecule has 2 aromatic carbocycles. The monoisotopic (exact) mass is 510 g/mol. The molecule has 4 aromatic rings. The van der Waals surface area contributed by atoms with Gasteiger partial charge in [0.1, 0.15) is 12.0 Å². The van der Waals surface area contributed by atoms with E-state index in [1.54, 1.807) is 29.2 Å². The van der Waals surface area contributed by atoms with Gasteiger partial charge in [0.25, 0.3) is 0 Å². The van der Waals surface area contributed by atoms with Crippen LogP contribution in [0.5, 0.6) is 5.75 Å². The van der Waals surface area contributed by atoms with Crippen LogP contribution in [0, 0.1) is 0 Å². The molecule has 0 amide bonds. The molecule has 0 radical (unpaired) electrons. The topological polar surface area (TPSA) is 69.0 Å². The number of alkyl halides is 2. The molecule has 6 nitrogen and oxygen atoms in total. The lowest BCUT2D eigenvalue weighted by Gasteiger charge is -2.10. The third-order valence-electron chi connectivity index (χ3n) is 5.45. The molecule has 166 valence electrons. The van der Waals surface area contributed by atoms with Crippen LogP contribution in [0.15, 0.2) is 71.5 Å². The summed E-state index contributed by atoms with van der Waals surface area (Å²) in [6.45, 7) is -2.39. The maximum Gasteiger partial charge on any atom is 0.387 e. The van der Waals surface area contributed by atoms with Crippen molar-refractivity contribution in [3.8, 4) is 34.0 Å². The molecular formula is C24H17BrF2N4O2. The lowest BCUT2D eigenvalue weighted by Crippen LogP contribution is -2.12. The molecule has 0 saturated heterocycles. The summed E-state index contributed by atoms with van der Waals surface area (Å²) < 4.78 is 32.6. The minimum Gasteiger partial charge on any atom is -0.435 e. The standard InChI is InChI=1S/C24H17BrF2N4O2/c25-15-7-14(8-17(9-15)33-24(26)27)23-10-21(30-31(23)16-3-2-6-28-11-16)18-4-1-5-19-20(18)12-29-22(19)13-32/h1-11,13,22,24,29H,12H2. The van der Waals surface area contributed by atoms with Crippen molar-refractivity contribution in [1.29, 1.82) is 0 Å². The van der Waals surface area contributed by atoms with Crippen LogP contribution in [0.3, 0.4) is 0 Å². The van der Waals surface area contributed by atoms with Crippen molar-refractivity contribution in [3.05, 3.63) is 82.6 Å². The molecule has 1 unspecified atom stereocenters. The smallest absolute Gasteiger partial charge is 0.387 e. The lowest BCUT2D eigenvalue weighted by molar-refractivity contribution is -0.109. The van der Waals surface area contributed by atoms with Gasteiger partial charge in [-0.25, -0.2) is 4.68 Å². The number of pyridine rings is 1. The second-order valence-corrected chi connectivity index (χ2v) is 8.38. The molecular weight excluding hydrogens is 494 g/mol. The van der Waals surface area contributed by atoms with Crippen molar-refractivity contribution in [3.63, 3.8) is 0 Å². The molecule has 5 rings (SSSR count). The number of carbonyl (C=O) groups excluding carboxylic acids is 1. The Bertz CT molecular complexity index is 1330. The zero-order valence-corrected chi connectivity index (χ0v) is 18.7. The van der Waals surface area contributed by atoms with Gasteiger partial charge in [-0.2, -0.15) is 13.9 Å². The first kappa shape index (κ1) is 21.4. The lowest BCUT2D eigenvalue weighted by atomic mass is 9.98. The van der Waals surface area contributed by atoms with Gasteiger partial charge < -0.3 is 9.53 Å². The highest BCUT2D eigenvalue weighted by Gasteiger charge is 2.25. The molecule has 2 aromatic heterocycles. The van der Waals surface area contributed by atoms with Crippen LogP contribution in [0.1, 0.15) is 17.2 Å². The summed E-state index contributed by atoms with van der Waals surface area (Å²) in [5, 5.41) is 8.03. The third kappa shape index (κ3) is 4.17. The molecule has 1 N–H and O–H groups in total. The number of halogens is 3. The van der Waals surface area contributed by atoms with Crippen molar-refractivity contribution < 1.29 is 18.3 Å². The number of aromatic nitrogens is 3. The van der Waals surface area contributed by atoms with Gasteiger partial charge in [0.2, 0.25) is 0 Å². The van der Waals surface area contributed by atoms with E-state index in [1.807, 2.05) is 36.4 Å². The van der Waals surface area contributed by atoms with E-state index < -0.39 is 6.61 Å². The molecule has 3 heterocycles. The number of benzene rings is 2. The van der Waals surface area contributed by atoms with Gasteiger partial charge >= 0.3 is 6.61 Å². The van der Waals surface area contributed by atoms with E-state index in [4.69, 9.17) is 5.10 Å². The van der Waals surface area contributed by atoms with Crippen LogP contribution >= 0.6 is 15.9 Å². The molecule has 33 heavy (non-hydrogen) atoms. The van der Waals surface area contributed by atoms with Crippen molar-refractivity contribution in [2.24, 2.45) is 0 Å². The Balaban J connectivity index is 1.69. The third-order valence-corrected chi connectivity index (χ3v) is 5.91. The number of carbonyl (C=O) groups is 1. The van der Waals surface area contributed by atoms with Crippen LogP contribution in [-0.4, -0.2) is 27.7 Å². The number of fused-ring (bicyclic) bond motifs is 1. The van der Waals surface area contributed by atoms with E-state index in [0.29, 0.717) is 33.7 Å². The largest absolute Gasteiger partial charge is 0.435 e. The van der Waals surface area contributed by atoms with E-state index in [-0.39, 0.29) is 11.8 Å². The summed E-state index contributed by atoms with van der Waals surface area (Å²) in [6.07, 6.45) is 4.23. The van der Waals surface area contributed by atoms with Crippen LogP contribution in [0.4, 0.5) is 8.78 Å². The summed E-state index contributed by atoms with van der Waals surface area (Å²) in [4.78, 5) is 15.6. The maximum absolute atomic E-state index is 12.8. The zero-order valence-electron chi connectivity index (χ0n) is 17.1. The fourth-order valence-corrected chi connectivity index (χ4v) is 4.52. The molecule has 0 bridgehead atoms. The summed E-state index contributed by atoms with van der Waals surface area (Å²) in [5.41, 5.74) is 5.55. The second-order valence-electron chi connectivity index (χ2n) is 7.46. The molecule has 0 saturated carbocycles. The number of aldehydes is 1. The quantitative estimate of drug-likeness (QED) is 0.356. The summed E-state index contributed by atoms with van der Waals surface area (Å²) in [6, 6.07) is 15.8. The van der Waals surface area contributed by atoms with Gasteiger partial charge in [-0.15, -0.1) is 0 Å². The Morgan fingerprint density at radius 3 is 2.82 bits per heavy atom. The average molecular weight is 511 g/mol. The van der Waals surface area contributed by atoms with Crippen LogP contribution in [0.25, 0.3) is 28.2 Å². The number of hydrogen-bond acceptors (Lipinski definition) is 5. The Hall–Kier alpha value is -3.43. The molecule has 9 heteroatoms. The fourth-order valence-electron chi connectivity index (χ4n) is 4.05. The van der Waals surface area contributed by atoms with Gasteiger partial charge in [-0.3, -0.25) is 10.3 Å². The van der Waals surface area contributed by atoms with Crippen molar-refractivity contribution >= 4 is 22.2 Å². The predicted octanol–water partition coefficient (Wildman–Crippen LogP) is 5.31. The summed E-state index contributed by atoms with van der Waals surface area (Å²) >= 11 is 3.38. The van der Waals surface area contributed by atoms with E-state index >= 15 is 0 Å². The van der Waals surface area contributed by atoms with Gasteiger partial charge in [-0.05, 0) is 47.5 Å². The van der Waals surface area contributed by atoms with Gasteiger partial charge in [0, 0.05) is 28.3 Å². The number of hydrogen-bond donors (Lipinski definition) is 1. The Labute approximate surface area is 196 Å². The first-order chi connectivity index (χ1) is 16.0. The Morgan fingerprint density at radius 1 is 1.18 bits per heavy atom. The van der Waals surface area contributed by atoms with Crippen molar-refractivity contribution in [2.75, 3.05) is 0 Å². The average Bonchev–Trinajstić information content (AvgIpc) is 3.43. The molecule has 0 spiro atoms. The first-order valence-electron chi connectivity index (χ1n) is 10.1. The Morgan fingerprint density at radius 2 is 2.06 bits per heavy atom. The summed E-state index contributed by atoms with van der Waals surface area (Å²) in [5.74, 6) is 0.0356. The molecule has 0 fully saturated rings. The van der Waals surface area contributed by atoms with E-state index in [9.17, 15) is 13.6 Å². The van der Waals surface area contributed by atoms with E-state index in [2.05, 4.69) is 31.0 Å². The van der Waals surface area contributed by atoms with Crippen molar-refractivity contribution in [1.82, 2.24) is 20.1 Å². The Kier molecular flexibility index (Phi) is 5.74. The van der Waals surface area contributed by atoms with E-state index in [0.717, 1.165) is 23.0 Å². The number of rotatable bonds is 6. The van der Waals surface area contributed by atoms with Crippen molar-refractivity contribution in [2.45, 2.75) is 19.2 Å². The molecule has 0 aliphatic carbocycles. The highest BCUT2D eigenvalue weighted by atomic mass is 79.9. The van der Waals surface area contributed by atoms with Crippen LogP contribution < -0.4 is 10.1 Å². The minimum absolute atomic E-state index is 0.0356. The van der Waals surface area contributed by atoms with Gasteiger partial charge in [0.05, 0.1) is 29.3 Å². The van der Waals surface area contributed by atoms with Gasteiger partial charge in [0.15, 0.2) is 0 Å². The van der Waals surface area contributed by atoms with E-state index in [1.165, 1.54) is 6.07 Å². The maximum atomic E-state index is 12.8. The van der Waals surface area contributed by atoms with Gasteiger partial charge in [-0.1, -0.05) is 34.1 Å². The predicted molar refractivity (Wildman–Crippen MR) is 122 cm³/mol. The second kappa shape index (κ2) is 8.84. The number of nitrogens with one attached hydrogen (secondary N) is 1. The minimum atomic E-state index is -2.93. The zero-order chi connectivity index (χ0) is 22.9. The summed E-state index contributed by atoms with van der Waals surface area (Å²) in [7, 11) is 0. The normalized spacial score (nSPS) is 15.0. The first-order valence-corrected chi connectivity index (χ1v) is 10.9. The number of nitrogens with zero attached hydrogens (tertiary/aromatic N) is 3. The highest BCUT2D eigenvalue weighted by Crippen LogP contribution is 2.37. The molecule has 1 atom stereocenters. The fraction of sp³-hybridized carbons (Fsp3) is 0.125. The SMILES string of the molecule is O=CC1NCc2c(-c3cc(-c4cc(Br)cc(OC(F)F)c4)n(-c4cccnc4)n3)cccc21. The molecule has 1 aliphatic rings.